The van der Waals surface area contributed by atoms with E-state index in [4.69, 9.17) is 9.47 Å². The number of methoxy groups -OCH3 is 1. The Kier molecular flexibility index (Phi) is 4.42. The van der Waals surface area contributed by atoms with Gasteiger partial charge in [0.1, 0.15) is 18.1 Å². The van der Waals surface area contributed by atoms with Crippen LogP contribution in [0.4, 0.5) is 5.69 Å². The van der Waals surface area contributed by atoms with Gasteiger partial charge in [-0.1, -0.05) is 18.2 Å². The Hall–Kier alpha value is -2.56. The molecule has 0 N–H and O–H groups in total. The van der Waals surface area contributed by atoms with Gasteiger partial charge in [-0.05, 0) is 36.6 Å². The van der Waals surface area contributed by atoms with Crippen LogP contribution in [0.15, 0.2) is 36.4 Å². The summed E-state index contributed by atoms with van der Waals surface area (Å²) < 4.78 is 10.9. The molecule has 0 aromatic heterocycles. The lowest BCUT2D eigenvalue weighted by Crippen LogP contribution is -2.00. The van der Waals surface area contributed by atoms with Gasteiger partial charge >= 0.3 is 0 Å². The van der Waals surface area contributed by atoms with Gasteiger partial charge in [-0.3, -0.25) is 10.1 Å². The molecule has 0 saturated heterocycles. The molecule has 0 aliphatic rings. The quantitative estimate of drug-likeness (QED) is 0.620. The zero-order chi connectivity index (χ0) is 15.4. The van der Waals surface area contributed by atoms with Crippen LogP contribution in [-0.2, 0) is 6.61 Å². The second kappa shape index (κ2) is 6.26. The maximum atomic E-state index is 10.9. The number of para-hydroxylation sites is 1. The standard InChI is InChI=1S/C16H17NO4/c1-11-5-4-6-12(2)16(11)21-10-13-7-14(17(18)19)9-15(8-13)20-3/h4-9H,10H2,1-3H3. The summed E-state index contributed by atoms with van der Waals surface area (Å²) in [6.45, 7) is 4.19. The highest BCUT2D eigenvalue weighted by molar-refractivity contribution is 5.43. The first-order valence-corrected chi connectivity index (χ1v) is 6.52. The van der Waals surface area contributed by atoms with Crippen LogP contribution in [0.25, 0.3) is 0 Å². The monoisotopic (exact) mass is 287 g/mol. The smallest absolute Gasteiger partial charge is 0.273 e. The number of rotatable bonds is 5. The lowest BCUT2D eigenvalue weighted by atomic mass is 10.1. The van der Waals surface area contributed by atoms with Crippen LogP contribution in [0.5, 0.6) is 11.5 Å². The van der Waals surface area contributed by atoms with E-state index in [0.29, 0.717) is 11.3 Å². The molecule has 0 unspecified atom stereocenters. The number of ether oxygens (including phenoxy) is 2. The first-order chi connectivity index (χ1) is 10.0. The first kappa shape index (κ1) is 14.8. The summed E-state index contributed by atoms with van der Waals surface area (Å²) in [6, 6.07) is 10.5. The molecule has 2 aromatic carbocycles. The molecule has 0 amide bonds. The molecule has 0 bridgehead atoms. The predicted molar refractivity (Wildman–Crippen MR) is 79.9 cm³/mol. The Labute approximate surface area is 123 Å². The second-order valence-electron chi connectivity index (χ2n) is 4.81. The van der Waals surface area contributed by atoms with Crippen molar-refractivity contribution in [2.45, 2.75) is 20.5 Å². The molecule has 0 atom stereocenters. The van der Waals surface area contributed by atoms with Crippen molar-refractivity contribution < 1.29 is 14.4 Å². The average molecular weight is 287 g/mol. The molecule has 5 nitrogen and oxygen atoms in total. The van der Waals surface area contributed by atoms with Crippen molar-refractivity contribution in [3.63, 3.8) is 0 Å². The fourth-order valence-corrected chi connectivity index (χ4v) is 2.13. The highest BCUT2D eigenvalue weighted by atomic mass is 16.6. The van der Waals surface area contributed by atoms with Gasteiger partial charge in [0.2, 0.25) is 0 Å². The van der Waals surface area contributed by atoms with E-state index < -0.39 is 4.92 Å². The fourth-order valence-electron chi connectivity index (χ4n) is 2.13. The minimum Gasteiger partial charge on any atom is -0.496 e. The van der Waals surface area contributed by atoms with Gasteiger partial charge < -0.3 is 9.47 Å². The van der Waals surface area contributed by atoms with Crippen molar-refractivity contribution in [1.29, 1.82) is 0 Å². The van der Waals surface area contributed by atoms with Gasteiger partial charge in [-0.2, -0.15) is 0 Å². The van der Waals surface area contributed by atoms with Crippen LogP contribution < -0.4 is 9.47 Å². The van der Waals surface area contributed by atoms with Gasteiger partial charge in [0.15, 0.2) is 0 Å². The molecule has 0 saturated carbocycles. The zero-order valence-electron chi connectivity index (χ0n) is 12.3. The van der Waals surface area contributed by atoms with Gasteiger partial charge in [-0.25, -0.2) is 0 Å². The number of nitrogens with zero attached hydrogens (tertiary/aromatic N) is 1. The summed E-state index contributed by atoms with van der Waals surface area (Å²) in [5.41, 5.74) is 2.76. The predicted octanol–water partition coefficient (Wildman–Crippen LogP) is 3.80. The molecule has 5 heteroatoms. The summed E-state index contributed by atoms with van der Waals surface area (Å²) in [5.74, 6) is 1.26. The number of benzene rings is 2. The van der Waals surface area contributed by atoms with Gasteiger partial charge in [0.05, 0.1) is 18.1 Å². The molecule has 0 spiro atoms. The molecule has 110 valence electrons. The van der Waals surface area contributed by atoms with E-state index in [1.54, 1.807) is 6.07 Å². The van der Waals surface area contributed by atoms with Crippen LogP contribution in [-0.4, -0.2) is 12.0 Å². The Bertz CT molecular complexity index is 647. The minimum absolute atomic E-state index is 0.00513. The Balaban J connectivity index is 2.23. The molecule has 2 rings (SSSR count). The maximum absolute atomic E-state index is 10.9. The van der Waals surface area contributed by atoms with Crippen molar-refractivity contribution in [1.82, 2.24) is 0 Å². The van der Waals surface area contributed by atoms with E-state index in [-0.39, 0.29) is 12.3 Å². The van der Waals surface area contributed by atoms with Crippen LogP contribution >= 0.6 is 0 Å². The molecule has 0 heterocycles. The van der Waals surface area contributed by atoms with E-state index in [1.807, 2.05) is 32.0 Å². The summed E-state index contributed by atoms with van der Waals surface area (Å²) in [7, 11) is 1.48. The van der Waals surface area contributed by atoms with Gasteiger partial charge in [-0.15, -0.1) is 0 Å². The molecule has 0 aliphatic carbocycles. The van der Waals surface area contributed by atoms with Crippen LogP contribution in [0.3, 0.4) is 0 Å². The zero-order valence-corrected chi connectivity index (χ0v) is 12.3. The molecule has 0 aliphatic heterocycles. The van der Waals surface area contributed by atoms with E-state index in [1.165, 1.54) is 19.2 Å². The number of aryl methyl sites for hydroxylation is 2. The molecular formula is C16H17NO4. The first-order valence-electron chi connectivity index (χ1n) is 6.52. The Morgan fingerprint density at radius 3 is 2.38 bits per heavy atom. The number of hydrogen-bond donors (Lipinski definition) is 0. The van der Waals surface area contributed by atoms with Crippen molar-refractivity contribution in [2.24, 2.45) is 0 Å². The lowest BCUT2D eigenvalue weighted by molar-refractivity contribution is -0.385. The third-order valence-electron chi connectivity index (χ3n) is 3.19. The van der Waals surface area contributed by atoms with Gasteiger partial charge in [0, 0.05) is 6.07 Å². The normalized spacial score (nSPS) is 10.2. The van der Waals surface area contributed by atoms with Crippen molar-refractivity contribution in [2.75, 3.05) is 7.11 Å². The minimum atomic E-state index is -0.439. The largest absolute Gasteiger partial charge is 0.496 e. The summed E-state index contributed by atoms with van der Waals surface area (Å²) in [4.78, 5) is 10.5. The molecule has 2 aromatic rings. The third kappa shape index (κ3) is 3.51. The van der Waals surface area contributed by atoms with Crippen LogP contribution in [0, 0.1) is 24.0 Å². The van der Waals surface area contributed by atoms with E-state index in [9.17, 15) is 10.1 Å². The molecule has 21 heavy (non-hydrogen) atoms. The van der Waals surface area contributed by atoms with Crippen molar-refractivity contribution >= 4 is 5.69 Å². The number of nitro groups is 1. The van der Waals surface area contributed by atoms with Crippen molar-refractivity contribution in [3.8, 4) is 11.5 Å². The summed E-state index contributed by atoms with van der Waals surface area (Å²) in [6.07, 6.45) is 0. The number of nitro benzene ring substituents is 1. The molecular weight excluding hydrogens is 270 g/mol. The van der Waals surface area contributed by atoms with Crippen LogP contribution in [0.2, 0.25) is 0 Å². The lowest BCUT2D eigenvalue weighted by Gasteiger charge is -2.12. The van der Waals surface area contributed by atoms with Crippen molar-refractivity contribution in [3.05, 3.63) is 63.2 Å². The van der Waals surface area contributed by atoms with E-state index in [2.05, 4.69) is 0 Å². The number of non-ortho nitro benzene ring substituents is 1. The Morgan fingerprint density at radius 1 is 1.14 bits per heavy atom. The second-order valence-corrected chi connectivity index (χ2v) is 4.81. The summed E-state index contributed by atoms with van der Waals surface area (Å²) >= 11 is 0. The third-order valence-corrected chi connectivity index (χ3v) is 3.19. The fraction of sp³-hybridized carbons (Fsp3) is 0.250. The number of hydrogen-bond acceptors (Lipinski definition) is 4. The Morgan fingerprint density at radius 2 is 1.81 bits per heavy atom. The molecule has 0 fully saturated rings. The molecule has 0 radical (unpaired) electrons. The van der Waals surface area contributed by atoms with Crippen LogP contribution in [0.1, 0.15) is 16.7 Å². The van der Waals surface area contributed by atoms with E-state index in [0.717, 1.165) is 16.9 Å². The highest BCUT2D eigenvalue weighted by Crippen LogP contribution is 2.26. The highest BCUT2D eigenvalue weighted by Gasteiger charge is 2.11. The topological polar surface area (TPSA) is 61.6 Å². The SMILES string of the molecule is COc1cc(COc2c(C)cccc2C)cc([N+](=O)[O-])c1. The summed E-state index contributed by atoms with van der Waals surface area (Å²) in [5, 5.41) is 10.9. The average Bonchev–Trinajstić information content (AvgIpc) is 2.46. The maximum Gasteiger partial charge on any atom is 0.273 e. The van der Waals surface area contributed by atoms with Gasteiger partial charge in [0.25, 0.3) is 5.69 Å². The van der Waals surface area contributed by atoms with E-state index >= 15 is 0 Å².